The average Bonchev–Trinajstić information content (AvgIpc) is 3.47. The predicted molar refractivity (Wildman–Crippen MR) is 107 cm³/mol. The summed E-state index contributed by atoms with van der Waals surface area (Å²) in [6.45, 7) is 4.26. The van der Waals surface area contributed by atoms with Crippen molar-refractivity contribution in [3.05, 3.63) is 65.7 Å². The molecule has 28 heavy (non-hydrogen) atoms. The van der Waals surface area contributed by atoms with Crippen LogP contribution >= 0.6 is 0 Å². The number of rotatable bonds is 9. The minimum Gasteiger partial charge on any atom is -0.489 e. The Morgan fingerprint density at radius 2 is 1.79 bits per heavy atom. The fourth-order valence-corrected chi connectivity index (χ4v) is 3.31. The van der Waals surface area contributed by atoms with E-state index in [4.69, 9.17) is 9.84 Å². The van der Waals surface area contributed by atoms with Crippen molar-refractivity contribution in [3.8, 4) is 5.75 Å². The molecule has 0 aliphatic heterocycles. The first-order valence-corrected chi connectivity index (χ1v) is 9.64. The summed E-state index contributed by atoms with van der Waals surface area (Å²) < 4.78 is 5.81. The van der Waals surface area contributed by atoms with Crippen molar-refractivity contribution >= 4 is 11.9 Å². The van der Waals surface area contributed by atoms with Gasteiger partial charge in [0, 0.05) is 17.9 Å². The molecule has 2 N–H and O–H groups in total. The molecule has 2 atom stereocenters. The number of carbonyl (C=O) groups excluding carboxylic acids is 1. The van der Waals surface area contributed by atoms with Crippen molar-refractivity contribution in [2.45, 2.75) is 51.2 Å². The van der Waals surface area contributed by atoms with Gasteiger partial charge in [-0.05, 0) is 55.9 Å². The summed E-state index contributed by atoms with van der Waals surface area (Å²) in [4.78, 5) is 23.2. The topological polar surface area (TPSA) is 75.6 Å². The van der Waals surface area contributed by atoms with Crippen molar-refractivity contribution in [1.29, 1.82) is 0 Å². The second kappa shape index (κ2) is 8.46. The van der Waals surface area contributed by atoms with Gasteiger partial charge in [-0.3, -0.25) is 9.59 Å². The number of ether oxygens (including phenoxy) is 1. The summed E-state index contributed by atoms with van der Waals surface area (Å²) in [5.41, 5.74) is 1.74. The third-order valence-electron chi connectivity index (χ3n) is 5.11. The monoisotopic (exact) mass is 381 g/mol. The highest BCUT2D eigenvalue weighted by Crippen LogP contribution is 2.48. The van der Waals surface area contributed by atoms with E-state index in [2.05, 4.69) is 5.32 Å². The van der Waals surface area contributed by atoms with Crippen LogP contribution in [0, 0.1) is 5.92 Å². The molecular formula is C23H27NO4. The quantitative estimate of drug-likeness (QED) is 0.685. The van der Waals surface area contributed by atoms with Crippen molar-refractivity contribution in [1.82, 2.24) is 5.32 Å². The number of carboxylic acids is 1. The van der Waals surface area contributed by atoms with Gasteiger partial charge in [-0.15, -0.1) is 0 Å². The predicted octanol–water partition coefficient (Wildman–Crippen LogP) is 4.13. The summed E-state index contributed by atoms with van der Waals surface area (Å²) >= 11 is 0. The first kappa shape index (κ1) is 19.9. The van der Waals surface area contributed by atoms with Crippen LogP contribution in [0.15, 0.2) is 54.6 Å². The van der Waals surface area contributed by atoms with Crippen LogP contribution in [0.1, 0.15) is 50.2 Å². The molecule has 0 bridgehead atoms. The average molecular weight is 381 g/mol. The number of aliphatic carboxylic acids is 1. The molecule has 0 saturated heterocycles. The number of nitrogens with one attached hydrogen (secondary N) is 1. The largest absolute Gasteiger partial charge is 0.489 e. The minimum absolute atomic E-state index is 0.00444. The molecule has 2 aromatic carbocycles. The third kappa shape index (κ3) is 5.59. The molecule has 0 heterocycles. The zero-order valence-electron chi connectivity index (χ0n) is 16.4. The van der Waals surface area contributed by atoms with Gasteiger partial charge in [-0.2, -0.15) is 0 Å². The molecule has 2 unspecified atom stereocenters. The van der Waals surface area contributed by atoms with Gasteiger partial charge in [-0.25, -0.2) is 0 Å². The van der Waals surface area contributed by atoms with Gasteiger partial charge in [0.25, 0.3) is 0 Å². The first-order chi connectivity index (χ1) is 13.3. The van der Waals surface area contributed by atoms with Crippen LogP contribution in [0.2, 0.25) is 0 Å². The lowest BCUT2D eigenvalue weighted by atomic mass is 9.98. The van der Waals surface area contributed by atoms with Crippen LogP contribution in [-0.2, 0) is 16.2 Å². The Morgan fingerprint density at radius 1 is 1.11 bits per heavy atom. The Labute approximate surface area is 165 Å². The molecule has 1 saturated carbocycles. The molecule has 1 fully saturated rings. The molecule has 1 aliphatic rings. The van der Waals surface area contributed by atoms with Crippen molar-refractivity contribution < 1.29 is 19.4 Å². The molecule has 5 nitrogen and oxygen atoms in total. The summed E-state index contributed by atoms with van der Waals surface area (Å²) in [7, 11) is 0. The number of benzene rings is 2. The smallest absolute Gasteiger partial charge is 0.303 e. The fraction of sp³-hybridized carbons (Fsp3) is 0.391. The highest BCUT2D eigenvalue weighted by molar-refractivity contribution is 5.83. The number of hydrogen-bond donors (Lipinski definition) is 2. The lowest BCUT2D eigenvalue weighted by molar-refractivity contribution is -0.138. The Bertz CT molecular complexity index is 814. The zero-order valence-corrected chi connectivity index (χ0v) is 16.4. The van der Waals surface area contributed by atoms with Gasteiger partial charge in [-0.1, -0.05) is 42.5 Å². The third-order valence-corrected chi connectivity index (χ3v) is 5.11. The number of carbonyl (C=O) groups is 2. The molecule has 0 radical (unpaired) electrons. The normalized spacial score (nSPS) is 18.4. The van der Waals surface area contributed by atoms with E-state index >= 15 is 0 Å². The molecular weight excluding hydrogens is 354 g/mol. The molecule has 0 spiro atoms. The van der Waals surface area contributed by atoms with E-state index < -0.39 is 11.5 Å². The van der Waals surface area contributed by atoms with Gasteiger partial charge in [0.15, 0.2) is 0 Å². The van der Waals surface area contributed by atoms with Crippen LogP contribution in [0.25, 0.3) is 0 Å². The highest BCUT2D eigenvalue weighted by Gasteiger charge is 2.45. The second-order valence-electron chi connectivity index (χ2n) is 8.06. The van der Waals surface area contributed by atoms with E-state index in [-0.39, 0.29) is 24.2 Å². The molecule has 2 aromatic rings. The lowest BCUT2D eigenvalue weighted by Gasteiger charge is -2.25. The maximum atomic E-state index is 12.5. The number of amides is 1. The molecule has 148 valence electrons. The molecule has 3 rings (SSSR count). The van der Waals surface area contributed by atoms with E-state index in [1.807, 2.05) is 68.4 Å². The lowest BCUT2D eigenvalue weighted by Crippen LogP contribution is -2.44. The summed E-state index contributed by atoms with van der Waals surface area (Å²) in [6.07, 6.45) is 1.29. The van der Waals surface area contributed by atoms with Crippen LogP contribution in [0.4, 0.5) is 0 Å². The summed E-state index contributed by atoms with van der Waals surface area (Å²) in [6, 6.07) is 18.0. The van der Waals surface area contributed by atoms with Gasteiger partial charge < -0.3 is 15.2 Å². The van der Waals surface area contributed by atoms with Gasteiger partial charge in [0.2, 0.25) is 5.91 Å². The number of carboxylic acid groups (broad SMARTS) is 1. The standard InChI is InChI=1S/C23H27NO4/c1-23(2,13-12-21(25)26)24-22(27)20-14-19(20)17-8-10-18(11-9-17)28-15-16-6-4-3-5-7-16/h3-11,19-20H,12-15H2,1-2H3,(H,24,27)(H,25,26). The minimum atomic E-state index is -0.846. The van der Waals surface area contributed by atoms with Gasteiger partial charge >= 0.3 is 5.97 Å². The van der Waals surface area contributed by atoms with Crippen molar-refractivity contribution in [3.63, 3.8) is 0 Å². The maximum absolute atomic E-state index is 12.5. The number of hydrogen-bond acceptors (Lipinski definition) is 3. The van der Waals surface area contributed by atoms with E-state index in [0.717, 1.165) is 23.3 Å². The molecule has 1 amide bonds. The van der Waals surface area contributed by atoms with Crippen LogP contribution < -0.4 is 10.1 Å². The van der Waals surface area contributed by atoms with E-state index in [9.17, 15) is 9.59 Å². The zero-order chi connectivity index (χ0) is 20.1. The van der Waals surface area contributed by atoms with Crippen LogP contribution in [0.5, 0.6) is 5.75 Å². The fourth-order valence-electron chi connectivity index (χ4n) is 3.31. The van der Waals surface area contributed by atoms with Crippen molar-refractivity contribution in [2.24, 2.45) is 5.92 Å². The van der Waals surface area contributed by atoms with Crippen LogP contribution in [0.3, 0.4) is 0 Å². The Balaban J connectivity index is 1.49. The summed E-state index contributed by atoms with van der Waals surface area (Å²) in [5, 5.41) is 11.8. The van der Waals surface area contributed by atoms with E-state index in [0.29, 0.717) is 13.0 Å². The Kier molecular flexibility index (Phi) is 6.02. The van der Waals surface area contributed by atoms with Gasteiger partial charge in [0.1, 0.15) is 12.4 Å². The molecule has 1 aliphatic carbocycles. The van der Waals surface area contributed by atoms with E-state index in [1.54, 1.807) is 0 Å². The molecule has 5 heteroatoms. The Morgan fingerprint density at radius 3 is 2.43 bits per heavy atom. The highest BCUT2D eigenvalue weighted by atomic mass is 16.5. The van der Waals surface area contributed by atoms with Crippen LogP contribution in [-0.4, -0.2) is 22.5 Å². The first-order valence-electron chi connectivity index (χ1n) is 9.64. The summed E-state index contributed by atoms with van der Waals surface area (Å²) in [5.74, 6) is 0.147. The maximum Gasteiger partial charge on any atom is 0.303 e. The van der Waals surface area contributed by atoms with Crippen molar-refractivity contribution in [2.75, 3.05) is 0 Å². The van der Waals surface area contributed by atoms with E-state index in [1.165, 1.54) is 0 Å². The van der Waals surface area contributed by atoms with Gasteiger partial charge in [0.05, 0.1) is 0 Å². The molecule has 0 aromatic heterocycles. The second-order valence-corrected chi connectivity index (χ2v) is 8.06. The Hall–Kier alpha value is -2.82. The SMILES string of the molecule is CC(C)(CCC(=O)O)NC(=O)C1CC1c1ccc(OCc2ccccc2)cc1.